The van der Waals surface area contributed by atoms with Crippen molar-refractivity contribution in [3.8, 4) is 11.7 Å². The summed E-state index contributed by atoms with van der Waals surface area (Å²) in [4.78, 5) is 32.7. The number of aromatic amines is 1. The first-order valence-corrected chi connectivity index (χ1v) is 11.9. The lowest BCUT2D eigenvalue weighted by Gasteiger charge is -2.20. The van der Waals surface area contributed by atoms with Crippen LogP contribution < -0.4 is 21.5 Å². The molecule has 2 aromatic heterocycles. The molecule has 2 aromatic carbocycles. The summed E-state index contributed by atoms with van der Waals surface area (Å²) >= 11 is 0. The third-order valence-electron chi connectivity index (χ3n) is 5.23. The first-order chi connectivity index (χ1) is 18.7. The first kappa shape index (κ1) is 28.5. The summed E-state index contributed by atoms with van der Waals surface area (Å²) in [5, 5.41) is 22.8. The smallest absolute Gasteiger partial charge is 0.350 e. The van der Waals surface area contributed by atoms with Crippen LogP contribution in [0.25, 0.3) is 5.95 Å². The molecule has 0 aliphatic rings. The zero-order chi connectivity index (χ0) is 28.4. The van der Waals surface area contributed by atoms with Gasteiger partial charge in [0.25, 0.3) is 11.9 Å². The number of anilines is 1. The molecule has 204 valence electrons. The predicted molar refractivity (Wildman–Crippen MR) is 143 cm³/mol. The third-order valence-corrected chi connectivity index (χ3v) is 5.23. The molecule has 2 heterocycles. The number of nitrogens with one attached hydrogen (secondary N) is 3. The second-order valence-electron chi connectivity index (χ2n) is 8.16. The molecule has 1 atom stereocenters. The molecule has 0 saturated heterocycles. The second-order valence-corrected chi connectivity index (χ2v) is 8.16. The van der Waals surface area contributed by atoms with Crippen LogP contribution in [0.1, 0.15) is 42.4 Å². The predicted octanol–water partition coefficient (Wildman–Crippen LogP) is 2.84. The molecule has 4 rings (SSSR count). The van der Waals surface area contributed by atoms with Crippen molar-refractivity contribution in [2.45, 2.75) is 26.3 Å². The number of nitrogen functional groups attached to an aromatic ring is 1. The number of aromatic nitrogens is 5. The molecule has 0 fully saturated rings. The van der Waals surface area contributed by atoms with Crippen LogP contribution in [0.2, 0.25) is 0 Å². The van der Waals surface area contributed by atoms with E-state index in [0.29, 0.717) is 22.8 Å². The number of H-pyrrole nitrogens is 1. The van der Waals surface area contributed by atoms with Crippen molar-refractivity contribution >= 4 is 17.5 Å². The summed E-state index contributed by atoms with van der Waals surface area (Å²) in [5.41, 5.74) is 8.09. The number of hydrogen-bond donors (Lipinski definition) is 5. The van der Waals surface area contributed by atoms with Gasteiger partial charge in [-0.3, -0.25) is 15.2 Å². The summed E-state index contributed by atoms with van der Waals surface area (Å²) in [6.07, 6.45) is 3.77. The van der Waals surface area contributed by atoms with E-state index >= 15 is 0 Å². The van der Waals surface area contributed by atoms with Crippen molar-refractivity contribution in [2.75, 3.05) is 18.6 Å². The van der Waals surface area contributed by atoms with Gasteiger partial charge in [0, 0.05) is 30.6 Å². The van der Waals surface area contributed by atoms with Gasteiger partial charge in [-0.15, -0.1) is 9.78 Å². The average Bonchev–Trinajstić information content (AvgIpc) is 3.31. The van der Waals surface area contributed by atoms with Crippen LogP contribution in [0.3, 0.4) is 0 Å². The standard InChI is InChI=1S/C24H25FN8O2.C2H4O2/c1-2-15-12-17(14-19(13-15)35-11-8-25)20(30-18-6-4-16(5-7-18)21(26)27)22-31-24(34)33(32-22)23-28-9-3-10-29-23;1-2(3)4/h3-7,9-10,12-14,20,30H,2,8,11H2,1H3,(H3,26,27)(H,31,32,34);1H3,(H,3,4). The van der Waals surface area contributed by atoms with Crippen molar-refractivity contribution < 1.29 is 19.0 Å². The summed E-state index contributed by atoms with van der Waals surface area (Å²) in [6.45, 7) is 2.42. The van der Waals surface area contributed by atoms with E-state index in [2.05, 4.69) is 25.4 Å². The SMILES string of the molecule is CC(=O)O.CCc1cc(OCCF)cc(C(Nc2ccc(C(=N)N)cc2)c2nn(-c3ncccn3)c(=O)[nH]2)c1. The maximum absolute atomic E-state index is 12.7. The Morgan fingerprint density at radius 1 is 1.23 bits per heavy atom. The minimum atomic E-state index is -0.833. The van der Waals surface area contributed by atoms with Gasteiger partial charge in [-0.25, -0.2) is 19.2 Å². The molecule has 4 aromatic rings. The van der Waals surface area contributed by atoms with E-state index in [1.54, 1.807) is 36.4 Å². The van der Waals surface area contributed by atoms with Gasteiger partial charge in [-0.1, -0.05) is 13.0 Å². The van der Waals surface area contributed by atoms with Gasteiger partial charge in [0.2, 0.25) is 0 Å². The number of nitrogens with zero attached hydrogens (tertiary/aromatic N) is 4. The van der Waals surface area contributed by atoms with Crippen molar-refractivity contribution in [1.29, 1.82) is 5.41 Å². The summed E-state index contributed by atoms with van der Waals surface area (Å²) in [5.74, 6) is 0.106. The van der Waals surface area contributed by atoms with Crippen LogP contribution in [0.4, 0.5) is 10.1 Å². The highest BCUT2D eigenvalue weighted by Crippen LogP contribution is 2.29. The molecule has 12 nitrogen and oxygen atoms in total. The van der Waals surface area contributed by atoms with Crippen molar-refractivity contribution in [3.63, 3.8) is 0 Å². The molecule has 0 radical (unpaired) electrons. The van der Waals surface area contributed by atoms with E-state index in [9.17, 15) is 9.18 Å². The number of carboxylic acids is 1. The fraction of sp³-hybridized carbons (Fsp3) is 0.231. The number of amidine groups is 1. The van der Waals surface area contributed by atoms with Crippen LogP contribution in [-0.2, 0) is 11.2 Å². The van der Waals surface area contributed by atoms with E-state index in [0.717, 1.165) is 29.2 Å². The quantitative estimate of drug-likeness (QED) is 0.150. The molecule has 0 spiro atoms. The van der Waals surface area contributed by atoms with E-state index in [4.69, 9.17) is 25.8 Å². The number of rotatable bonds is 10. The van der Waals surface area contributed by atoms with Crippen molar-refractivity contribution in [1.82, 2.24) is 24.7 Å². The lowest BCUT2D eigenvalue weighted by Crippen LogP contribution is -2.18. The van der Waals surface area contributed by atoms with Gasteiger partial charge < -0.3 is 20.9 Å². The van der Waals surface area contributed by atoms with E-state index in [1.165, 1.54) is 12.4 Å². The molecule has 39 heavy (non-hydrogen) atoms. The highest BCUT2D eigenvalue weighted by Gasteiger charge is 2.22. The minimum absolute atomic E-state index is 0.0377. The molecular weight excluding hydrogens is 507 g/mol. The Balaban J connectivity index is 0.000000983. The van der Waals surface area contributed by atoms with Crippen molar-refractivity contribution in [2.24, 2.45) is 5.73 Å². The van der Waals surface area contributed by atoms with Gasteiger partial charge in [0.15, 0.2) is 5.82 Å². The highest BCUT2D eigenvalue weighted by atomic mass is 19.1. The molecule has 0 bridgehead atoms. The van der Waals surface area contributed by atoms with Gasteiger partial charge in [0.1, 0.15) is 30.9 Å². The Hall–Kier alpha value is -5.07. The van der Waals surface area contributed by atoms with E-state index in [1.807, 2.05) is 19.1 Å². The zero-order valence-corrected chi connectivity index (χ0v) is 21.4. The Bertz CT molecular complexity index is 1450. The van der Waals surface area contributed by atoms with Gasteiger partial charge in [-0.2, -0.15) is 0 Å². The Morgan fingerprint density at radius 3 is 2.49 bits per heavy atom. The van der Waals surface area contributed by atoms with Crippen LogP contribution >= 0.6 is 0 Å². The number of carbonyl (C=O) groups is 1. The molecule has 0 saturated carbocycles. The van der Waals surface area contributed by atoms with Crippen LogP contribution in [0, 0.1) is 5.41 Å². The first-order valence-electron chi connectivity index (χ1n) is 11.9. The average molecular weight is 537 g/mol. The molecule has 1 unspecified atom stereocenters. The largest absolute Gasteiger partial charge is 0.491 e. The molecule has 0 amide bonds. The van der Waals surface area contributed by atoms with Crippen LogP contribution in [-0.4, -0.2) is 54.9 Å². The fourth-order valence-corrected chi connectivity index (χ4v) is 3.53. The third kappa shape index (κ3) is 7.95. The van der Waals surface area contributed by atoms with Crippen LogP contribution in [0.5, 0.6) is 5.75 Å². The number of alkyl halides is 1. The number of carboxylic acid groups (broad SMARTS) is 1. The molecule has 0 aliphatic carbocycles. The summed E-state index contributed by atoms with van der Waals surface area (Å²) < 4.78 is 19.4. The van der Waals surface area contributed by atoms with Gasteiger partial charge >= 0.3 is 5.69 Å². The highest BCUT2D eigenvalue weighted by molar-refractivity contribution is 5.95. The normalized spacial score (nSPS) is 11.2. The monoisotopic (exact) mass is 536 g/mol. The topological polar surface area (TPSA) is 185 Å². The van der Waals surface area contributed by atoms with Gasteiger partial charge in [0.05, 0.1) is 0 Å². The molecular formula is C26H29FN8O4. The number of aryl methyl sites for hydroxylation is 1. The molecule has 6 N–H and O–H groups in total. The maximum atomic E-state index is 12.7. The number of nitrogens with two attached hydrogens (primary N) is 1. The Kier molecular flexibility index (Phi) is 9.84. The molecule has 13 heteroatoms. The Morgan fingerprint density at radius 2 is 1.90 bits per heavy atom. The number of benzene rings is 2. The maximum Gasteiger partial charge on any atom is 0.350 e. The van der Waals surface area contributed by atoms with Crippen molar-refractivity contribution in [3.05, 3.63) is 93.9 Å². The Labute approximate surface area is 223 Å². The second kappa shape index (κ2) is 13.5. The van der Waals surface area contributed by atoms with Crippen LogP contribution in [0.15, 0.2) is 65.7 Å². The summed E-state index contributed by atoms with van der Waals surface area (Å²) in [7, 11) is 0. The number of ether oxygens (including phenoxy) is 1. The lowest BCUT2D eigenvalue weighted by molar-refractivity contribution is -0.134. The van der Waals surface area contributed by atoms with E-state index < -0.39 is 24.4 Å². The zero-order valence-electron chi connectivity index (χ0n) is 21.4. The van der Waals surface area contributed by atoms with Gasteiger partial charge in [-0.05, 0) is 60.0 Å². The van der Waals surface area contributed by atoms with E-state index in [-0.39, 0.29) is 18.4 Å². The number of hydrogen-bond acceptors (Lipinski definition) is 8. The fourth-order valence-electron chi connectivity index (χ4n) is 3.53. The number of aliphatic carboxylic acids is 1. The summed E-state index contributed by atoms with van der Waals surface area (Å²) in [6, 6.07) is 13.7. The minimum Gasteiger partial charge on any atom is -0.491 e. The lowest BCUT2D eigenvalue weighted by atomic mass is 10.0. The number of halogens is 1. The molecule has 0 aliphatic heterocycles.